The number of aryl methyl sites for hydroxylation is 1. The monoisotopic (exact) mass is 636 g/mol. The molecule has 5 rings (SSSR count). The van der Waals surface area contributed by atoms with Crippen LogP contribution < -0.4 is 25.5 Å². The summed E-state index contributed by atoms with van der Waals surface area (Å²) in [6.45, 7) is 36.3. The van der Waals surface area contributed by atoms with Crippen LogP contribution >= 0.6 is 0 Å². The molecule has 3 aliphatic rings. The van der Waals surface area contributed by atoms with Crippen LogP contribution in [0.2, 0.25) is 37.3 Å². The van der Waals surface area contributed by atoms with Crippen LogP contribution in [-0.2, 0) is 5.41 Å². The first kappa shape index (κ1) is 34.0. The maximum Gasteiger partial charge on any atom is 0.118 e. The lowest BCUT2D eigenvalue weighted by atomic mass is 9.72. The Kier molecular flexibility index (Phi) is 8.61. The van der Waals surface area contributed by atoms with Crippen LogP contribution in [0.3, 0.4) is 0 Å². The van der Waals surface area contributed by atoms with Gasteiger partial charge in [0, 0.05) is 11.0 Å². The molecule has 0 aromatic heterocycles. The summed E-state index contributed by atoms with van der Waals surface area (Å²) in [5.41, 5.74) is 10.1. The minimum absolute atomic E-state index is 0.0177. The van der Waals surface area contributed by atoms with Gasteiger partial charge in [-0.15, -0.1) is 0 Å². The standard InChI is InChI=1S/C42H60OSi2/c1-15-22-43-38-34(44(12,13)14)23-28(4)24-35(38)45(16-2,17-3)39-33-27-41(8,9)21-20-31(33)37-36(39)32-25-30(40(5,6)7)19-18-29(32)26-42(37,10)11/h15,18-19,23-27,39H,1,16-17,20-22H2,2-14H3. The summed E-state index contributed by atoms with van der Waals surface area (Å²) in [5, 5.41) is 5.93. The number of hydrogen-bond donors (Lipinski definition) is 0. The Bertz CT molecular complexity index is 1710. The second-order valence-electron chi connectivity index (χ2n) is 17.6. The molecule has 3 aliphatic carbocycles. The quantitative estimate of drug-likeness (QED) is 0.207. The number of ether oxygens (including phenoxy) is 1. The van der Waals surface area contributed by atoms with Crippen LogP contribution in [-0.4, -0.2) is 22.8 Å². The summed E-state index contributed by atoms with van der Waals surface area (Å²) in [5.74, 6) is 1.20. The van der Waals surface area contributed by atoms with Crippen molar-refractivity contribution in [2.45, 2.75) is 125 Å². The SMILES string of the molecule is C=CCOc1c([Si](C)(C)C)cc(C)cc1[Si](CC)(CC)C1C2=CC(C)(C)CCC2=C2C1=c1cc(C(C)(C)C)ccc1=CC2(C)C. The van der Waals surface area contributed by atoms with E-state index in [0.29, 0.717) is 12.1 Å². The minimum Gasteiger partial charge on any atom is -0.490 e. The second kappa shape index (κ2) is 11.4. The van der Waals surface area contributed by atoms with E-state index in [2.05, 4.69) is 138 Å². The lowest BCUT2D eigenvalue weighted by molar-refractivity contribution is 0.368. The zero-order chi connectivity index (χ0) is 33.3. The largest absolute Gasteiger partial charge is 0.490 e. The molecule has 2 aromatic carbocycles. The Hall–Kier alpha value is -2.37. The lowest BCUT2D eigenvalue weighted by Gasteiger charge is -2.43. The molecule has 1 nitrogen and oxygen atoms in total. The van der Waals surface area contributed by atoms with Gasteiger partial charge in [0.2, 0.25) is 0 Å². The molecule has 242 valence electrons. The van der Waals surface area contributed by atoms with Crippen LogP contribution in [0.15, 0.2) is 65.8 Å². The lowest BCUT2D eigenvalue weighted by Crippen LogP contribution is -2.56. The Balaban J connectivity index is 1.99. The fourth-order valence-electron chi connectivity index (χ4n) is 8.80. The van der Waals surface area contributed by atoms with Crippen molar-refractivity contribution in [3.05, 3.63) is 87.3 Å². The zero-order valence-electron chi connectivity index (χ0n) is 30.8. The maximum absolute atomic E-state index is 6.86. The van der Waals surface area contributed by atoms with Gasteiger partial charge in [-0.3, -0.25) is 0 Å². The van der Waals surface area contributed by atoms with E-state index in [0.717, 1.165) is 0 Å². The molecular formula is C42H60OSi2. The number of allylic oxidation sites excluding steroid dienone is 4. The van der Waals surface area contributed by atoms with Gasteiger partial charge >= 0.3 is 0 Å². The van der Waals surface area contributed by atoms with Crippen molar-refractivity contribution >= 4 is 38.2 Å². The predicted molar refractivity (Wildman–Crippen MR) is 204 cm³/mol. The third kappa shape index (κ3) is 5.75. The zero-order valence-corrected chi connectivity index (χ0v) is 32.8. The van der Waals surface area contributed by atoms with Crippen molar-refractivity contribution in [2.24, 2.45) is 10.8 Å². The van der Waals surface area contributed by atoms with Gasteiger partial charge in [-0.1, -0.05) is 155 Å². The first-order valence-electron chi connectivity index (χ1n) is 17.6. The molecule has 2 aromatic rings. The maximum atomic E-state index is 6.86. The molecule has 0 saturated heterocycles. The van der Waals surface area contributed by atoms with Crippen LogP contribution in [0.5, 0.6) is 5.75 Å². The molecule has 1 unspecified atom stereocenters. The molecule has 0 saturated carbocycles. The third-order valence-corrected chi connectivity index (χ3v) is 18.9. The van der Waals surface area contributed by atoms with E-state index in [9.17, 15) is 0 Å². The van der Waals surface area contributed by atoms with Gasteiger partial charge in [0.05, 0.1) is 8.07 Å². The van der Waals surface area contributed by atoms with E-state index in [4.69, 9.17) is 4.74 Å². The molecule has 0 N–H and O–H groups in total. The predicted octanol–water partition coefficient (Wildman–Crippen LogP) is 9.20. The highest BCUT2D eigenvalue weighted by Gasteiger charge is 2.54. The minimum atomic E-state index is -2.29. The average Bonchev–Trinajstić information content (AvgIpc) is 3.27. The second-order valence-corrected chi connectivity index (χ2v) is 27.5. The van der Waals surface area contributed by atoms with Gasteiger partial charge in [0.1, 0.15) is 20.4 Å². The third-order valence-electron chi connectivity index (χ3n) is 11.2. The summed E-state index contributed by atoms with van der Waals surface area (Å²) < 4.78 is 6.86. The molecule has 0 aliphatic heterocycles. The number of fused-ring (bicyclic) bond motifs is 3. The summed E-state index contributed by atoms with van der Waals surface area (Å²) in [4.78, 5) is 0. The van der Waals surface area contributed by atoms with Crippen molar-refractivity contribution in [3.63, 3.8) is 0 Å². The first-order chi connectivity index (χ1) is 20.8. The fraction of sp³-hybridized carbons (Fsp3) is 0.524. The average molecular weight is 637 g/mol. The van der Waals surface area contributed by atoms with Crippen LogP contribution in [0, 0.1) is 17.8 Å². The summed E-state index contributed by atoms with van der Waals surface area (Å²) in [7, 11) is -4.00. The van der Waals surface area contributed by atoms with Crippen LogP contribution in [0.4, 0.5) is 0 Å². The Morgan fingerprint density at radius 1 is 0.956 bits per heavy atom. The number of rotatable bonds is 8. The number of benzene rings is 2. The van der Waals surface area contributed by atoms with Crippen molar-refractivity contribution in [3.8, 4) is 5.75 Å². The van der Waals surface area contributed by atoms with E-state index in [-0.39, 0.29) is 16.2 Å². The van der Waals surface area contributed by atoms with Crippen LogP contribution in [0.1, 0.15) is 86.3 Å². The van der Waals surface area contributed by atoms with E-state index in [1.54, 1.807) is 27.5 Å². The molecule has 0 fully saturated rings. The molecule has 3 heteroatoms. The molecule has 0 bridgehead atoms. The Labute approximate surface area is 277 Å². The summed E-state index contributed by atoms with van der Waals surface area (Å²) in [6, 6.07) is 14.8. The normalized spacial score (nSPS) is 20.6. The van der Waals surface area contributed by atoms with Crippen molar-refractivity contribution < 1.29 is 4.74 Å². The van der Waals surface area contributed by atoms with E-state index in [1.807, 2.05) is 6.08 Å². The van der Waals surface area contributed by atoms with E-state index >= 15 is 0 Å². The van der Waals surface area contributed by atoms with Crippen molar-refractivity contribution in [2.75, 3.05) is 6.61 Å². The van der Waals surface area contributed by atoms with Crippen LogP contribution in [0.25, 0.3) is 11.6 Å². The van der Waals surface area contributed by atoms with Crippen molar-refractivity contribution in [1.29, 1.82) is 0 Å². The molecular weight excluding hydrogens is 577 g/mol. The van der Waals surface area contributed by atoms with Gasteiger partial charge in [-0.05, 0) is 79.3 Å². The molecule has 0 radical (unpaired) electrons. The molecule has 0 amide bonds. The molecule has 45 heavy (non-hydrogen) atoms. The first-order valence-corrected chi connectivity index (χ1v) is 23.5. The molecule has 0 heterocycles. The fourth-order valence-corrected chi connectivity index (χ4v) is 15.7. The summed E-state index contributed by atoms with van der Waals surface area (Å²) in [6.07, 6.45) is 9.62. The number of hydrogen-bond acceptors (Lipinski definition) is 1. The molecule has 1 atom stereocenters. The van der Waals surface area contributed by atoms with Gasteiger partial charge in [0.25, 0.3) is 0 Å². The Morgan fingerprint density at radius 2 is 1.60 bits per heavy atom. The van der Waals surface area contributed by atoms with Gasteiger partial charge in [0.15, 0.2) is 0 Å². The summed E-state index contributed by atoms with van der Waals surface area (Å²) >= 11 is 0. The highest BCUT2D eigenvalue weighted by Crippen LogP contribution is 2.62. The van der Waals surface area contributed by atoms with Gasteiger partial charge < -0.3 is 4.74 Å². The highest BCUT2D eigenvalue weighted by molar-refractivity contribution is 6.97. The highest BCUT2D eigenvalue weighted by atomic mass is 28.3. The van der Waals surface area contributed by atoms with Crippen molar-refractivity contribution in [1.82, 2.24) is 0 Å². The van der Waals surface area contributed by atoms with E-state index < -0.39 is 16.1 Å². The Morgan fingerprint density at radius 3 is 2.18 bits per heavy atom. The van der Waals surface area contributed by atoms with Gasteiger partial charge in [-0.2, -0.15) is 0 Å². The van der Waals surface area contributed by atoms with E-state index in [1.165, 1.54) is 57.4 Å². The molecule has 0 spiro atoms. The topological polar surface area (TPSA) is 9.23 Å². The van der Waals surface area contributed by atoms with Gasteiger partial charge in [-0.25, -0.2) is 0 Å². The smallest absolute Gasteiger partial charge is 0.118 e.